The monoisotopic (exact) mass is 272 g/mol. The third kappa shape index (κ3) is 4.44. The van der Waals surface area contributed by atoms with E-state index in [4.69, 9.17) is 16.2 Å². The lowest BCUT2D eigenvalue weighted by atomic mass is 9.77. The summed E-state index contributed by atoms with van der Waals surface area (Å²) in [5.41, 5.74) is 12.4. The minimum Gasteiger partial charge on any atom is -0.378 e. The second-order valence-corrected chi connectivity index (χ2v) is 7.34. The van der Waals surface area contributed by atoms with Crippen LogP contribution in [0.5, 0.6) is 0 Å². The molecule has 0 aromatic rings. The van der Waals surface area contributed by atoms with Crippen molar-refractivity contribution < 1.29 is 4.74 Å². The topological polar surface area (TPSA) is 61.3 Å². The quantitative estimate of drug-likeness (QED) is 0.714. The molecule has 0 aromatic carbocycles. The highest BCUT2D eigenvalue weighted by molar-refractivity contribution is 4.93. The summed E-state index contributed by atoms with van der Waals surface area (Å²) in [6, 6.07) is 0. The van der Waals surface area contributed by atoms with E-state index in [9.17, 15) is 0 Å². The van der Waals surface area contributed by atoms with Gasteiger partial charge in [0.05, 0.1) is 13.2 Å². The molecule has 19 heavy (non-hydrogen) atoms. The molecule has 0 aliphatic carbocycles. The van der Waals surface area contributed by atoms with E-state index < -0.39 is 0 Å². The Morgan fingerprint density at radius 2 is 0.842 bits per heavy atom. The van der Waals surface area contributed by atoms with Gasteiger partial charge in [-0.05, 0) is 23.7 Å². The van der Waals surface area contributed by atoms with Crippen molar-refractivity contribution in [3.63, 3.8) is 0 Å². The van der Waals surface area contributed by atoms with Gasteiger partial charge in [0.2, 0.25) is 0 Å². The number of rotatable bonds is 8. The van der Waals surface area contributed by atoms with Crippen molar-refractivity contribution in [1.82, 2.24) is 0 Å². The van der Waals surface area contributed by atoms with Crippen molar-refractivity contribution in [3.8, 4) is 0 Å². The number of ether oxygens (including phenoxy) is 1. The van der Waals surface area contributed by atoms with Gasteiger partial charge in [-0.1, -0.05) is 55.4 Å². The molecule has 116 valence electrons. The van der Waals surface area contributed by atoms with E-state index in [-0.39, 0.29) is 11.1 Å². The Morgan fingerprint density at radius 3 is 1.00 bits per heavy atom. The maximum absolute atomic E-state index is 6.50. The van der Waals surface area contributed by atoms with E-state index in [1.165, 1.54) is 0 Å². The highest BCUT2D eigenvalue weighted by atomic mass is 16.5. The summed E-state index contributed by atoms with van der Waals surface area (Å²) >= 11 is 0. The SMILES string of the molecule is CC(C)C(N)(COCC(N)(C(C)C)C(C)C)C(C)C. The summed E-state index contributed by atoms with van der Waals surface area (Å²) in [6.07, 6.45) is 0. The lowest BCUT2D eigenvalue weighted by molar-refractivity contribution is -0.00533. The molecule has 3 heteroatoms. The van der Waals surface area contributed by atoms with Crippen LogP contribution in [-0.4, -0.2) is 24.3 Å². The van der Waals surface area contributed by atoms with Gasteiger partial charge >= 0.3 is 0 Å². The van der Waals surface area contributed by atoms with Crippen molar-refractivity contribution in [2.24, 2.45) is 35.1 Å². The van der Waals surface area contributed by atoms with Crippen molar-refractivity contribution in [1.29, 1.82) is 0 Å². The van der Waals surface area contributed by atoms with Crippen LogP contribution in [0.25, 0.3) is 0 Å². The van der Waals surface area contributed by atoms with Gasteiger partial charge in [0.15, 0.2) is 0 Å². The van der Waals surface area contributed by atoms with Crippen LogP contribution in [0.3, 0.4) is 0 Å². The molecule has 0 aliphatic rings. The molecule has 0 unspecified atom stereocenters. The van der Waals surface area contributed by atoms with Gasteiger partial charge in [0.1, 0.15) is 0 Å². The van der Waals surface area contributed by atoms with Crippen LogP contribution in [0, 0.1) is 23.7 Å². The molecular weight excluding hydrogens is 236 g/mol. The highest BCUT2D eigenvalue weighted by Gasteiger charge is 2.36. The van der Waals surface area contributed by atoms with Crippen LogP contribution in [-0.2, 0) is 4.74 Å². The highest BCUT2D eigenvalue weighted by Crippen LogP contribution is 2.27. The molecule has 0 aromatic heterocycles. The zero-order valence-corrected chi connectivity index (χ0v) is 14.3. The Morgan fingerprint density at radius 1 is 0.632 bits per heavy atom. The summed E-state index contributed by atoms with van der Waals surface area (Å²) in [7, 11) is 0. The second kappa shape index (κ2) is 7.05. The molecule has 0 radical (unpaired) electrons. The Balaban J connectivity index is 4.65. The van der Waals surface area contributed by atoms with Crippen LogP contribution in [0.4, 0.5) is 0 Å². The fraction of sp³-hybridized carbons (Fsp3) is 1.00. The van der Waals surface area contributed by atoms with Gasteiger partial charge in [-0.25, -0.2) is 0 Å². The van der Waals surface area contributed by atoms with Crippen LogP contribution in [0.15, 0.2) is 0 Å². The first kappa shape index (κ1) is 18.9. The molecule has 0 saturated carbocycles. The van der Waals surface area contributed by atoms with Crippen molar-refractivity contribution in [2.45, 2.75) is 66.5 Å². The van der Waals surface area contributed by atoms with Crippen LogP contribution in [0.1, 0.15) is 55.4 Å². The standard InChI is InChI=1S/C16H36N2O/c1-11(2)15(17,12(3)4)9-19-10-16(18,13(5)6)14(7)8/h11-14H,9-10,17-18H2,1-8H3. The van der Waals surface area contributed by atoms with Gasteiger partial charge in [0, 0.05) is 11.1 Å². The maximum atomic E-state index is 6.50. The average molecular weight is 272 g/mol. The lowest BCUT2D eigenvalue weighted by Crippen LogP contribution is -2.57. The molecule has 0 spiro atoms. The molecule has 0 rings (SSSR count). The van der Waals surface area contributed by atoms with E-state index >= 15 is 0 Å². The number of hydrogen-bond donors (Lipinski definition) is 2. The van der Waals surface area contributed by atoms with Crippen LogP contribution < -0.4 is 11.5 Å². The van der Waals surface area contributed by atoms with Gasteiger partial charge in [-0.15, -0.1) is 0 Å². The van der Waals surface area contributed by atoms with Crippen molar-refractivity contribution >= 4 is 0 Å². The number of nitrogens with two attached hydrogens (primary N) is 2. The average Bonchev–Trinajstić information content (AvgIpc) is 2.27. The van der Waals surface area contributed by atoms with E-state index in [0.717, 1.165) is 0 Å². The first-order valence-corrected chi connectivity index (χ1v) is 7.64. The molecule has 0 amide bonds. The molecular formula is C16H36N2O. The first-order valence-electron chi connectivity index (χ1n) is 7.64. The summed E-state index contributed by atoms with van der Waals surface area (Å²) < 4.78 is 5.96. The molecule has 0 atom stereocenters. The summed E-state index contributed by atoms with van der Waals surface area (Å²) in [5.74, 6) is 1.55. The lowest BCUT2D eigenvalue weighted by Gasteiger charge is -2.41. The molecule has 0 bridgehead atoms. The Labute approximate surface area is 120 Å². The van der Waals surface area contributed by atoms with E-state index in [1.807, 2.05) is 0 Å². The molecule has 0 saturated heterocycles. The molecule has 0 heterocycles. The largest absolute Gasteiger partial charge is 0.378 e. The fourth-order valence-corrected chi connectivity index (χ4v) is 2.40. The number of hydrogen-bond acceptors (Lipinski definition) is 3. The minimum absolute atomic E-state index is 0.283. The minimum atomic E-state index is -0.283. The van der Waals surface area contributed by atoms with Crippen molar-refractivity contribution in [3.05, 3.63) is 0 Å². The van der Waals surface area contributed by atoms with E-state index in [0.29, 0.717) is 36.9 Å². The normalized spacial score (nSPS) is 14.2. The molecule has 0 fully saturated rings. The second-order valence-electron chi connectivity index (χ2n) is 7.34. The Hall–Kier alpha value is -0.120. The summed E-state index contributed by atoms with van der Waals surface area (Å²) in [5, 5.41) is 0. The van der Waals surface area contributed by atoms with Crippen LogP contribution in [0.2, 0.25) is 0 Å². The van der Waals surface area contributed by atoms with E-state index in [1.54, 1.807) is 0 Å². The van der Waals surface area contributed by atoms with Gasteiger partial charge in [-0.2, -0.15) is 0 Å². The predicted molar refractivity (Wildman–Crippen MR) is 84.0 cm³/mol. The molecule has 4 N–H and O–H groups in total. The van der Waals surface area contributed by atoms with Gasteiger partial charge < -0.3 is 16.2 Å². The van der Waals surface area contributed by atoms with Gasteiger partial charge in [-0.3, -0.25) is 0 Å². The first-order chi connectivity index (χ1) is 8.48. The Kier molecular flexibility index (Phi) is 7.01. The van der Waals surface area contributed by atoms with Gasteiger partial charge in [0.25, 0.3) is 0 Å². The molecule has 0 aliphatic heterocycles. The smallest absolute Gasteiger partial charge is 0.0652 e. The molecule has 3 nitrogen and oxygen atoms in total. The Bertz CT molecular complexity index is 217. The summed E-state index contributed by atoms with van der Waals surface area (Å²) in [6.45, 7) is 18.4. The third-order valence-electron chi connectivity index (χ3n) is 5.00. The van der Waals surface area contributed by atoms with E-state index in [2.05, 4.69) is 55.4 Å². The zero-order chi connectivity index (χ0) is 15.4. The van der Waals surface area contributed by atoms with Crippen LogP contribution >= 0.6 is 0 Å². The third-order valence-corrected chi connectivity index (χ3v) is 5.00. The fourth-order valence-electron chi connectivity index (χ4n) is 2.40. The predicted octanol–water partition coefficient (Wildman–Crippen LogP) is 3.02. The summed E-state index contributed by atoms with van der Waals surface area (Å²) in [4.78, 5) is 0. The maximum Gasteiger partial charge on any atom is 0.0652 e. The van der Waals surface area contributed by atoms with Crippen molar-refractivity contribution in [2.75, 3.05) is 13.2 Å². The zero-order valence-electron chi connectivity index (χ0n) is 14.3.